The van der Waals surface area contributed by atoms with Crippen LogP contribution in [0.15, 0.2) is 10.9 Å². The molecule has 0 radical (unpaired) electrons. The van der Waals surface area contributed by atoms with Crippen LogP contribution < -0.4 is 11.1 Å². The molecule has 0 aromatic carbocycles. The number of hydrogen-bond acceptors (Lipinski definition) is 5. The second-order valence-electron chi connectivity index (χ2n) is 4.44. The Morgan fingerprint density at radius 1 is 1.44 bits per heavy atom. The molecule has 5 nitrogen and oxygen atoms in total. The molecule has 2 rings (SSSR count). The molecule has 0 aliphatic heterocycles. The van der Waals surface area contributed by atoms with Crippen LogP contribution in [0.2, 0.25) is 0 Å². The van der Waals surface area contributed by atoms with Crippen molar-refractivity contribution in [1.29, 1.82) is 0 Å². The normalized spacial score (nSPS) is 25.8. The molecule has 0 spiro atoms. The van der Waals surface area contributed by atoms with Gasteiger partial charge in [0.15, 0.2) is 5.82 Å². The van der Waals surface area contributed by atoms with E-state index in [0.29, 0.717) is 12.0 Å². The van der Waals surface area contributed by atoms with Crippen LogP contribution in [0, 0.1) is 5.92 Å². The molecular weight excluding hydrogens is 204 g/mol. The lowest BCUT2D eigenvalue weighted by molar-refractivity contribution is 0.269. The Labute approximate surface area is 95.8 Å². The van der Waals surface area contributed by atoms with E-state index in [1.807, 2.05) is 0 Å². The van der Waals surface area contributed by atoms with Crippen molar-refractivity contribution in [3.05, 3.63) is 12.2 Å². The standard InChI is InChI=1S/C11H20N4O/c12-7-9-3-1-2-4-10(9)13-6-5-11-14-8-16-15-11/h8-10,13H,1-7,12H2. The molecule has 16 heavy (non-hydrogen) atoms. The van der Waals surface area contributed by atoms with Crippen molar-refractivity contribution >= 4 is 0 Å². The Hall–Kier alpha value is -0.940. The number of rotatable bonds is 5. The van der Waals surface area contributed by atoms with Gasteiger partial charge in [-0.3, -0.25) is 0 Å². The molecule has 3 N–H and O–H groups in total. The third kappa shape index (κ3) is 3.02. The van der Waals surface area contributed by atoms with E-state index in [0.717, 1.165) is 25.3 Å². The van der Waals surface area contributed by atoms with Gasteiger partial charge >= 0.3 is 0 Å². The molecule has 1 aromatic rings. The molecule has 1 aromatic heterocycles. The molecule has 5 heteroatoms. The van der Waals surface area contributed by atoms with Gasteiger partial charge in [0.1, 0.15) is 0 Å². The highest BCUT2D eigenvalue weighted by atomic mass is 16.5. The maximum atomic E-state index is 5.78. The van der Waals surface area contributed by atoms with Crippen molar-refractivity contribution in [3.8, 4) is 0 Å². The van der Waals surface area contributed by atoms with Gasteiger partial charge in [-0.15, -0.1) is 0 Å². The Kier molecular flexibility index (Phi) is 4.30. The molecule has 2 atom stereocenters. The van der Waals surface area contributed by atoms with E-state index in [9.17, 15) is 0 Å². The first-order valence-electron chi connectivity index (χ1n) is 6.09. The first-order valence-corrected chi connectivity index (χ1v) is 6.09. The molecule has 0 saturated heterocycles. The fraction of sp³-hybridized carbons (Fsp3) is 0.818. The van der Waals surface area contributed by atoms with Crippen LogP contribution in [0.1, 0.15) is 31.5 Å². The Morgan fingerprint density at radius 2 is 2.31 bits per heavy atom. The molecule has 1 heterocycles. The zero-order valence-electron chi connectivity index (χ0n) is 9.56. The summed E-state index contributed by atoms with van der Waals surface area (Å²) in [6.07, 6.45) is 7.34. The maximum Gasteiger partial charge on any atom is 0.213 e. The Bertz CT molecular complexity index is 288. The summed E-state index contributed by atoms with van der Waals surface area (Å²) in [5.74, 6) is 1.41. The lowest BCUT2D eigenvalue weighted by atomic mass is 9.84. The van der Waals surface area contributed by atoms with E-state index < -0.39 is 0 Å². The number of aromatic nitrogens is 2. The lowest BCUT2D eigenvalue weighted by Gasteiger charge is -2.31. The van der Waals surface area contributed by atoms with Crippen LogP contribution in [0.4, 0.5) is 0 Å². The van der Waals surface area contributed by atoms with Gasteiger partial charge < -0.3 is 15.6 Å². The van der Waals surface area contributed by atoms with E-state index in [-0.39, 0.29) is 0 Å². The quantitative estimate of drug-likeness (QED) is 0.770. The highest BCUT2D eigenvalue weighted by molar-refractivity contribution is 4.84. The molecule has 2 unspecified atom stereocenters. The molecule has 1 aliphatic carbocycles. The number of hydrogen-bond donors (Lipinski definition) is 2. The van der Waals surface area contributed by atoms with Gasteiger partial charge in [-0.25, -0.2) is 0 Å². The largest absolute Gasteiger partial charge is 0.343 e. The molecule has 1 aliphatic rings. The van der Waals surface area contributed by atoms with Crippen LogP contribution in [0.5, 0.6) is 0 Å². The van der Waals surface area contributed by atoms with Crippen LogP contribution in [-0.2, 0) is 6.42 Å². The zero-order valence-corrected chi connectivity index (χ0v) is 9.56. The number of nitrogens with zero attached hydrogens (tertiary/aromatic N) is 2. The topological polar surface area (TPSA) is 77.0 Å². The van der Waals surface area contributed by atoms with E-state index >= 15 is 0 Å². The van der Waals surface area contributed by atoms with E-state index in [1.54, 1.807) is 0 Å². The smallest absolute Gasteiger partial charge is 0.213 e. The molecule has 1 saturated carbocycles. The molecule has 0 bridgehead atoms. The van der Waals surface area contributed by atoms with Crippen LogP contribution in [0.25, 0.3) is 0 Å². The molecular formula is C11H20N4O. The highest BCUT2D eigenvalue weighted by Crippen LogP contribution is 2.23. The van der Waals surface area contributed by atoms with Crippen LogP contribution in [-0.4, -0.2) is 29.3 Å². The van der Waals surface area contributed by atoms with E-state index in [2.05, 4.69) is 15.5 Å². The highest BCUT2D eigenvalue weighted by Gasteiger charge is 2.22. The second-order valence-corrected chi connectivity index (χ2v) is 4.44. The maximum absolute atomic E-state index is 5.78. The molecule has 1 fully saturated rings. The van der Waals surface area contributed by atoms with E-state index in [1.165, 1.54) is 32.1 Å². The summed E-state index contributed by atoms with van der Waals surface area (Å²) in [6.45, 7) is 1.70. The van der Waals surface area contributed by atoms with E-state index in [4.69, 9.17) is 10.3 Å². The van der Waals surface area contributed by atoms with Crippen LogP contribution >= 0.6 is 0 Å². The first kappa shape index (κ1) is 11.5. The zero-order chi connectivity index (χ0) is 11.2. The SMILES string of the molecule is NCC1CCCCC1NCCc1ncon1. The average Bonchev–Trinajstić information content (AvgIpc) is 2.83. The minimum atomic E-state index is 0.575. The summed E-state index contributed by atoms with van der Waals surface area (Å²) < 4.78 is 4.69. The van der Waals surface area contributed by atoms with Crippen molar-refractivity contribution in [2.45, 2.75) is 38.1 Å². The lowest BCUT2D eigenvalue weighted by Crippen LogP contribution is -2.42. The first-order chi connectivity index (χ1) is 7.90. The van der Waals surface area contributed by atoms with Crippen molar-refractivity contribution in [2.75, 3.05) is 13.1 Å². The number of nitrogens with two attached hydrogens (primary N) is 1. The summed E-state index contributed by atoms with van der Waals surface area (Å²) in [5.41, 5.74) is 5.78. The minimum absolute atomic E-state index is 0.575. The summed E-state index contributed by atoms with van der Waals surface area (Å²) in [5, 5.41) is 7.35. The van der Waals surface area contributed by atoms with Gasteiger partial charge in [-0.05, 0) is 25.3 Å². The summed E-state index contributed by atoms with van der Waals surface area (Å²) in [4.78, 5) is 4.00. The van der Waals surface area contributed by atoms with Gasteiger partial charge in [-0.2, -0.15) is 4.98 Å². The predicted octanol–water partition coefficient (Wildman–Crippen LogP) is 0.719. The third-order valence-corrected chi connectivity index (χ3v) is 3.37. The summed E-state index contributed by atoms with van der Waals surface area (Å²) >= 11 is 0. The van der Waals surface area contributed by atoms with Crippen molar-refractivity contribution < 1.29 is 4.52 Å². The predicted molar refractivity (Wildman–Crippen MR) is 60.8 cm³/mol. The molecule has 0 amide bonds. The van der Waals surface area contributed by atoms with Gasteiger partial charge in [0.05, 0.1) is 0 Å². The van der Waals surface area contributed by atoms with Gasteiger partial charge in [0.2, 0.25) is 6.39 Å². The fourth-order valence-corrected chi connectivity index (χ4v) is 2.43. The van der Waals surface area contributed by atoms with Crippen LogP contribution in [0.3, 0.4) is 0 Å². The Morgan fingerprint density at radius 3 is 3.06 bits per heavy atom. The van der Waals surface area contributed by atoms with Gasteiger partial charge in [0, 0.05) is 19.0 Å². The fourth-order valence-electron chi connectivity index (χ4n) is 2.43. The third-order valence-electron chi connectivity index (χ3n) is 3.37. The monoisotopic (exact) mass is 224 g/mol. The van der Waals surface area contributed by atoms with Crippen molar-refractivity contribution in [1.82, 2.24) is 15.5 Å². The van der Waals surface area contributed by atoms with Gasteiger partial charge in [0.25, 0.3) is 0 Å². The summed E-state index contributed by atoms with van der Waals surface area (Å²) in [6, 6.07) is 0.575. The average molecular weight is 224 g/mol. The van der Waals surface area contributed by atoms with Crippen molar-refractivity contribution in [2.24, 2.45) is 11.7 Å². The summed E-state index contributed by atoms with van der Waals surface area (Å²) in [7, 11) is 0. The Balaban J connectivity index is 1.71. The second kappa shape index (κ2) is 5.96. The minimum Gasteiger partial charge on any atom is -0.343 e. The number of nitrogens with one attached hydrogen (secondary N) is 1. The van der Waals surface area contributed by atoms with Gasteiger partial charge in [-0.1, -0.05) is 18.0 Å². The molecule has 90 valence electrons. The van der Waals surface area contributed by atoms with Crippen molar-refractivity contribution in [3.63, 3.8) is 0 Å².